The molecule has 2 rings (SSSR count). The molecule has 0 heterocycles. The largest absolute Gasteiger partial charge is 0.465 e. The van der Waals surface area contributed by atoms with Crippen molar-refractivity contribution in [1.29, 1.82) is 0 Å². The third kappa shape index (κ3) is 5.46. The van der Waals surface area contributed by atoms with Crippen LogP contribution in [-0.4, -0.2) is 43.0 Å². The van der Waals surface area contributed by atoms with Crippen LogP contribution in [0.5, 0.6) is 0 Å². The smallest absolute Gasteiger partial charge is 0.435 e. The summed E-state index contributed by atoms with van der Waals surface area (Å²) in [5.41, 5.74) is -9.72. The van der Waals surface area contributed by atoms with E-state index in [0.717, 1.165) is 25.8 Å². The fraction of sp³-hybridized carbons (Fsp3) is 0.318. The van der Waals surface area contributed by atoms with Gasteiger partial charge in [-0.15, -0.1) is 11.8 Å². The van der Waals surface area contributed by atoms with Crippen molar-refractivity contribution >= 4 is 46.8 Å². The lowest BCUT2D eigenvalue weighted by molar-refractivity contribution is -0.348. The highest BCUT2D eigenvalue weighted by molar-refractivity contribution is 7.99. The Hall–Kier alpha value is -2.80. The summed E-state index contributed by atoms with van der Waals surface area (Å²) >= 11 is 7.11. The van der Waals surface area contributed by atoms with Crippen molar-refractivity contribution in [2.75, 3.05) is 17.8 Å². The molecule has 2 amide bonds. The molecule has 14 heteroatoms. The number of nitrogens with zero attached hydrogens (tertiary/aromatic N) is 1. The van der Waals surface area contributed by atoms with Crippen LogP contribution >= 0.6 is 23.4 Å². The zero-order valence-corrected chi connectivity index (χ0v) is 20.3. The van der Waals surface area contributed by atoms with Gasteiger partial charge in [-0.25, -0.2) is 14.1 Å². The van der Waals surface area contributed by atoms with Crippen molar-refractivity contribution < 1.29 is 49.9 Å². The zero-order valence-electron chi connectivity index (χ0n) is 18.7. The number of carbonyl (C=O) groups excluding carboxylic acids is 3. The molecule has 0 fully saturated rings. The number of thioether (sulfide) groups is 1. The van der Waals surface area contributed by atoms with Crippen molar-refractivity contribution in [3.63, 3.8) is 0 Å². The number of esters is 1. The van der Waals surface area contributed by atoms with Crippen LogP contribution in [0.1, 0.15) is 40.1 Å². The summed E-state index contributed by atoms with van der Waals surface area (Å²) in [6.07, 6.45) is -12.9. The lowest BCUT2D eigenvalue weighted by Crippen LogP contribution is -2.50. The Labute approximate surface area is 209 Å². The molecular weight excluding hydrogens is 543 g/mol. The topological polar surface area (TPSA) is 63.7 Å². The minimum Gasteiger partial charge on any atom is -0.465 e. The number of benzene rings is 2. The monoisotopic (exact) mass is 559 g/mol. The van der Waals surface area contributed by atoms with Gasteiger partial charge in [0.1, 0.15) is 0 Å². The summed E-state index contributed by atoms with van der Waals surface area (Å²) in [6, 6.07) is 4.47. The Kier molecular flexibility index (Phi) is 8.72. The first kappa shape index (κ1) is 29.4. The lowest BCUT2D eigenvalue weighted by atomic mass is 9.91. The van der Waals surface area contributed by atoms with Crippen molar-refractivity contribution in [2.24, 2.45) is 0 Å². The van der Waals surface area contributed by atoms with E-state index in [9.17, 15) is 45.1 Å². The molecule has 0 aliphatic carbocycles. The molecule has 0 radical (unpaired) electrons. The van der Waals surface area contributed by atoms with E-state index in [4.69, 9.17) is 11.6 Å². The van der Waals surface area contributed by atoms with Crippen LogP contribution in [-0.2, 0) is 15.2 Å². The third-order valence-electron chi connectivity index (χ3n) is 4.81. The maximum Gasteiger partial charge on any atom is 0.435 e. The number of amides is 2. The zero-order chi connectivity index (χ0) is 27.6. The van der Waals surface area contributed by atoms with Crippen LogP contribution in [0.25, 0.3) is 0 Å². The number of anilines is 1. The van der Waals surface area contributed by atoms with Crippen molar-refractivity contribution in [2.45, 2.75) is 36.8 Å². The van der Waals surface area contributed by atoms with Gasteiger partial charge in [0.25, 0.3) is 5.91 Å². The second kappa shape index (κ2) is 10.7. The Morgan fingerprint density at radius 3 is 2.00 bits per heavy atom. The molecule has 0 unspecified atom stereocenters. The molecule has 0 aliphatic rings. The van der Waals surface area contributed by atoms with Crippen LogP contribution < -0.4 is 4.90 Å². The van der Waals surface area contributed by atoms with Crippen LogP contribution in [0.2, 0.25) is 5.02 Å². The van der Waals surface area contributed by atoms with Gasteiger partial charge in [-0.05, 0) is 36.1 Å². The quantitative estimate of drug-likeness (QED) is 0.223. The Balaban J connectivity index is 2.82. The molecule has 0 atom stereocenters. The molecule has 0 saturated heterocycles. The number of carbonyl (C=O) groups is 3. The average Bonchev–Trinajstić information content (AvgIpc) is 2.76. The minimum atomic E-state index is -6.45. The fourth-order valence-electron chi connectivity index (χ4n) is 3.20. The summed E-state index contributed by atoms with van der Waals surface area (Å²) in [6.45, 7) is 2.63. The average molecular weight is 560 g/mol. The summed E-state index contributed by atoms with van der Waals surface area (Å²) in [7, 11) is 0.754. The van der Waals surface area contributed by atoms with Crippen molar-refractivity contribution in [1.82, 2.24) is 0 Å². The number of halogens is 8. The molecule has 196 valence electrons. The van der Waals surface area contributed by atoms with Gasteiger partial charge < -0.3 is 4.74 Å². The van der Waals surface area contributed by atoms with Gasteiger partial charge in [-0.3, -0.25) is 9.59 Å². The lowest BCUT2D eigenvalue weighted by Gasteiger charge is -2.31. The highest BCUT2D eigenvalue weighted by Gasteiger charge is 2.73. The fourth-order valence-corrected chi connectivity index (χ4v) is 4.27. The van der Waals surface area contributed by atoms with Gasteiger partial charge in [-0.2, -0.15) is 26.3 Å². The van der Waals surface area contributed by atoms with Crippen LogP contribution in [0, 0.1) is 0 Å². The van der Waals surface area contributed by atoms with E-state index in [1.165, 1.54) is 18.2 Å². The van der Waals surface area contributed by atoms with Gasteiger partial charge in [0.2, 0.25) is 5.91 Å². The molecule has 0 aliphatic heterocycles. The molecule has 2 aromatic carbocycles. The van der Waals surface area contributed by atoms with E-state index in [2.05, 4.69) is 4.74 Å². The first-order valence-electron chi connectivity index (χ1n) is 9.83. The molecule has 0 spiro atoms. The van der Waals surface area contributed by atoms with Crippen LogP contribution in [0.4, 0.5) is 36.4 Å². The Morgan fingerprint density at radius 2 is 1.53 bits per heavy atom. The van der Waals surface area contributed by atoms with E-state index in [1.54, 1.807) is 6.92 Å². The molecule has 5 nitrogen and oxygen atoms in total. The predicted molar refractivity (Wildman–Crippen MR) is 118 cm³/mol. The molecule has 0 aromatic heterocycles. The third-order valence-corrected chi connectivity index (χ3v) is 5.99. The van der Waals surface area contributed by atoms with E-state index < -0.39 is 52.6 Å². The van der Waals surface area contributed by atoms with Gasteiger partial charge in [0.15, 0.2) is 0 Å². The molecule has 0 saturated carbocycles. The molecular formula is C22H17ClF7NO4S. The Bertz CT molecular complexity index is 1170. The number of ether oxygens (including phenoxy) is 1. The predicted octanol–water partition coefficient (Wildman–Crippen LogP) is 6.72. The summed E-state index contributed by atoms with van der Waals surface area (Å²) in [5, 5.41) is 0.245. The van der Waals surface area contributed by atoms with E-state index in [1.807, 2.05) is 0 Å². The van der Waals surface area contributed by atoms with E-state index in [0.29, 0.717) is 21.6 Å². The van der Waals surface area contributed by atoms with Crippen molar-refractivity contribution in [3.8, 4) is 0 Å². The van der Waals surface area contributed by atoms with E-state index >= 15 is 0 Å². The van der Waals surface area contributed by atoms with Gasteiger partial charge in [0.05, 0.1) is 23.9 Å². The number of rotatable bonds is 6. The highest BCUT2D eigenvalue weighted by Crippen LogP contribution is 2.53. The Morgan fingerprint density at radius 1 is 0.944 bits per heavy atom. The minimum absolute atomic E-state index is 0.0467. The summed E-state index contributed by atoms with van der Waals surface area (Å²) in [4.78, 5) is 38.8. The molecule has 0 N–H and O–H groups in total. The first-order valence-corrected chi connectivity index (χ1v) is 11.2. The molecule has 36 heavy (non-hydrogen) atoms. The number of methoxy groups -OCH3 is 1. The van der Waals surface area contributed by atoms with E-state index in [-0.39, 0.29) is 22.7 Å². The molecule has 0 bridgehead atoms. The number of alkyl halides is 7. The first-order chi connectivity index (χ1) is 16.5. The van der Waals surface area contributed by atoms with Crippen molar-refractivity contribution in [3.05, 3.63) is 58.1 Å². The number of imide groups is 1. The van der Waals surface area contributed by atoms with Gasteiger partial charge >= 0.3 is 24.0 Å². The maximum atomic E-state index is 14.6. The standard InChI is InChI=1S/C22H17ClF7NO4S/c1-4-36-17-10-13(23)6-7-14(17)18(33)31(11(2)32)16-8-5-12(9-15(16)19(34)35-3)20(24,21(25,26)27)22(28,29)30/h5-10H,4H2,1-3H3. The maximum absolute atomic E-state index is 14.6. The van der Waals surface area contributed by atoms with Crippen LogP contribution in [0.3, 0.4) is 0 Å². The summed E-state index contributed by atoms with van der Waals surface area (Å²) < 4.78 is 98.5. The normalized spacial score (nSPS) is 12.3. The second-order valence-electron chi connectivity index (χ2n) is 7.11. The second-order valence-corrected chi connectivity index (χ2v) is 8.85. The van der Waals surface area contributed by atoms with Gasteiger partial charge in [0, 0.05) is 22.4 Å². The molecule has 2 aromatic rings. The number of hydrogen-bond acceptors (Lipinski definition) is 5. The van der Waals surface area contributed by atoms with Gasteiger partial charge in [-0.1, -0.05) is 24.6 Å². The SMILES string of the molecule is CCSc1cc(Cl)ccc1C(=O)N(C(C)=O)c1ccc(C(F)(C(F)(F)F)C(F)(F)F)cc1C(=O)OC. The highest BCUT2D eigenvalue weighted by atomic mass is 35.5. The van der Waals surface area contributed by atoms with Crippen LogP contribution in [0.15, 0.2) is 41.3 Å². The summed E-state index contributed by atoms with van der Waals surface area (Å²) in [5.74, 6) is -3.16. The number of hydrogen-bond donors (Lipinski definition) is 0.